The molecule has 1 aliphatic carbocycles. The fraction of sp³-hybridized carbons (Fsp3) is 0.611. The first-order chi connectivity index (χ1) is 10.8. The Kier molecular flexibility index (Phi) is 5.88. The van der Waals surface area contributed by atoms with Crippen LogP contribution in [-0.2, 0) is 11.3 Å². The predicted octanol–water partition coefficient (Wildman–Crippen LogP) is 3.18. The number of rotatable bonds is 5. The fourth-order valence-electron chi connectivity index (χ4n) is 2.99. The van der Waals surface area contributed by atoms with Crippen molar-refractivity contribution in [1.29, 1.82) is 0 Å². The second kappa shape index (κ2) is 7.68. The van der Waals surface area contributed by atoms with E-state index in [-0.39, 0.29) is 6.09 Å². The minimum Gasteiger partial charge on any atom is -0.508 e. The Morgan fingerprint density at radius 3 is 2.83 bits per heavy atom. The molecule has 0 aromatic heterocycles. The van der Waals surface area contributed by atoms with Gasteiger partial charge in [0.1, 0.15) is 11.4 Å². The zero-order valence-electron chi connectivity index (χ0n) is 14.3. The van der Waals surface area contributed by atoms with Crippen molar-refractivity contribution in [1.82, 2.24) is 10.6 Å². The molecule has 0 spiro atoms. The van der Waals surface area contributed by atoms with Crippen LogP contribution in [0.4, 0.5) is 4.79 Å². The van der Waals surface area contributed by atoms with Crippen LogP contribution in [-0.4, -0.2) is 29.4 Å². The molecular weight excluding hydrogens is 292 g/mol. The van der Waals surface area contributed by atoms with Crippen LogP contribution in [0.3, 0.4) is 0 Å². The number of aromatic hydroxyl groups is 1. The Bertz CT molecular complexity index is 525. The number of hydrogen-bond acceptors (Lipinski definition) is 4. The minimum absolute atomic E-state index is 0.291. The number of hydrogen-bond donors (Lipinski definition) is 3. The van der Waals surface area contributed by atoms with E-state index >= 15 is 0 Å². The van der Waals surface area contributed by atoms with E-state index in [9.17, 15) is 9.90 Å². The lowest BCUT2D eigenvalue weighted by Crippen LogP contribution is -2.40. The Morgan fingerprint density at radius 1 is 1.35 bits per heavy atom. The van der Waals surface area contributed by atoms with Crippen LogP contribution in [0.25, 0.3) is 0 Å². The van der Waals surface area contributed by atoms with Gasteiger partial charge in [-0.05, 0) is 57.2 Å². The molecule has 2 rings (SSSR count). The summed E-state index contributed by atoms with van der Waals surface area (Å²) in [6, 6.07) is 7.67. The van der Waals surface area contributed by atoms with Gasteiger partial charge in [0.15, 0.2) is 0 Å². The number of amides is 1. The van der Waals surface area contributed by atoms with Gasteiger partial charge in [0.05, 0.1) is 0 Å². The van der Waals surface area contributed by atoms with Gasteiger partial charge in [0.2, 0.25) is 0 Å². The van der Waals surface area contributed by atoms with Gasteiger partial charge < -0.3 is 20.5 Å². The van der Waals surface area contributed by atoms with Crippen LogP contribution in [0.15, 0.2) is 24.3 Å². The topological polar surface area (TPSA) is 70.6 Å². The lowest BCUT2D eigenvalue weighted by molar-refractivity contribution is 0.0517. The lowest BCUT2D eigenvalue weighted by atomic mass is 10.0. The van der Waals surface area contributed by atoms with Crippen LogP contribution in [0.2, 0.25) is 0 Å². The highest BCUT2D eigenvalue weighted by Crippen LogP contribution is 2.25. The maximum atomic E-state index is 11.8. The highest BCUT2D eigenvalue weighted by molar-refractivity contribution is 5.67. The zero-order chi connectivity index (χ0) is 16.9. The molecule has 0 saturated heterocycles. The predicted molar refractivity (Wildman–Crippen MR) is 90.3 cm³/mol. The molecule has 1 aliphatic rings. The summed E-state index contributed by atoms with van der Waals surface area (Å²) in [7, 11) is 0. The van der Waals surface area contributed by atoms with Crippen molar-refractivity contribution < 1.29 is 14.6 Å². The molecule has 1 fully saturated rings. The van der Waals surface area contributed by atoms with Crippen molar-refractivity contribution in [2.75, 3.05) is 6.54 Å². The highest BCUT2D eigenvalue weighted by Gasteiger charge is 2.27. The van der Waals surface area contributed by atoms with Crippen LogP contribution in [0.1, 0.15) is 45.6 Å². The molecule has 3 N–H and O–H groups in total. The number of phenolic OH excluding ortho intramolecular Hbond substituents is 1. The molecule has 0 aliphatic heterocycles. The van der Waals surface area contributed by atoms with Gasteiger partial charge in [-0.15, -0.1) is 0 Å². The quantitative estimate of drug-likeness (QED) is 0.779. The summed E-state index contributed by atoms with van der Waals surface area (Å²) in [4.78, 5) is 11.8. The molecule has 1 amide bonds. The summed E-state index contributed by atoms with van der Waals surface area (Å²) in [5.74, 6) is 0.707. The Morgan fingerprint density at radius 2 is 2.13 bits per heavy atom. The molecule has 23 heavy (non-hydrogen) atoms. The normalized spacial score (nSPS) is 21.2. The van der Waals surface area contributed by atoms with Crippen LogP contribution in [0, 0.1) is 5.92 Å². The van der Waals surface area contributed by atoms with Crippen LogP contribution >= 0.6 is 0 Å². The van der Waals surface area contributed by atoms with Gasteiger partial charge in [-0.1, -0.05) is 18.6 Å². The van der Waals surface area contributed by atoms with E-state index in [1.54, 1.807) is 12.1 Å². The molecule has 0 bridgehead atoms. The van der Waals surface area contributed by atoms with E-state index in [0.29, 0.717) is 24.3 Å². The molecule has 2 atom stereocenters. The van der Waals surface area contributed by atoms with Crippen molar-refractivity contribution in [2.45, 2.75) is 58.2 Å². The summed E-state index contributed by atoms with van der Waals surface area (Å²) < 4.78 is 5.28. The van der Waals surface area contributed by atoms with Crippen LogP contribution < -0.4 is 10.6 Å². The van der Waals surface area contributed by atoms with E-state index in [1.165, 1.54) is 6.42 Å². The molecule has 1 aromatic carbocycles. The second-order valence-electron chi connectivity index (χ2n) is 7.23. The van der Waals surface area contributed by atoms with Crippen molar-refractivity contribution in [3.8, 4) is 5.75 Å². The Labute approximate surface area is 138 Å². The molecular formula is C18H28N2O3. The van der Waals surface area contributed by atoms with Gasteiger partial charge in [-0.3, -0.25) is 0 Å². The third kappa shape index (κ3) is 6.10. The molecule has 0 radical (unpaired) electrons. The second-order valence-corrected chi connectivity index (χ2v) is 7.23. The standard InChI is InChI=1S/C18H28N2O3/c1-18(2,3)23-17(22)20-12-14-7-5-9-16(14)19-11-13-6-4-8-15(21)10-13/h4,6,8,10,14,16,19,21H,5,7,9,11-12H2,1-3H3,(H,20,22). The van der Waals surface area contributed by atoms with Crippen molar-refractivity contribution in [2.24, 2.45) is 5.92 Å². The third-order valence-corrected chi connectivity index (χ3v) is 4.05. The first-order valence-corrected chi connectivity index (χ1v) is 8.31. The van der Waals surface area contributed by atoms with Gasteiger partial charge in [-0.2, -0.15) is 0 Å². The number of ether oxygens (including phenoxy) is 1. The first-order valence-electron chi connectivity index (χ1n) is 8.31. The van der Waals surface area contributed by atoms with Crippen molar-refractivity contribution in [3.05, 3.63) is 29.8 Å². The molecule has 0 heterocycles. The number of carbonyl (C=O) groups is 1. The van der Waals surface area contributed by atoms with Gasteiger partial charge in [0.25, 0.3) is 0 Å². The molecule has 1 saturated carbocycles. The smallest absolute Gasteiger partial charge is 0.407 e. The SMILES string of the molecule is CC(C)(C)OC(=O)NCC1CCCC1NCc1cccc(O)c1. The van der Waals surface area contributed by atoms with E-state index in [2.05, 4.69) is 10.6 Å². The summed E-state index contributed by atoms with van der Waals surface area (Å²) in [6.07, 6.45) is 3.03. The van der Waals surface area contributed by atoms with Crippen molar-refractivity contribution in [3.63, 3.8) is 0 Å². The lowest BCUT2D eigenvalue weighted by Gasteiger charge is -2.23. The van der Waals surface area contributed by atoms with Crippen LogP contribution in [0.5, 0.6) is 5.75 Å². The fourth-order valence-corrected chi connectivity index (χ4v) is 2.99. The Hall–Kier alpha value is -1.75. The first kappa shape index (κ1) is 17.6. The van der Waals surface area contributed by atoms with Gasteiger partial charge in [0, 0.05) is 19.1 Å². The average Bonchev–Trinajstić information content (AvgIpc) is 2.88. The van der Waals surface area contributed by atoms with E-state index in [0.717, 1.165) is 24.9 Å². The molecule has 2 unspecified atom stereocenters. The minimum atomic E-state index is -0.466. The number of alkyl carbamates (subject to hydrolysis) is 1. The molecule has 5 nitrogen and oxygen atoms in total. The van der Waals surface area contributed by atoms with Gasteiger partial charge in [-0.25, -0.2) is 4.79 Å². The maximum Gasteiger partial charge on any atom is 0.407 e. The molecule has 128 valence electrons. The van der Waals surface area contributed by atoms with E-state index in [1.807, 2.05) is 32.9 Å². The third-order valence-electron chi connectivity index (χ3n) is 4.05. The Balaban J connectivity index is 1.77. The average molecular weight is 320 g/mol. The van der Waals surface area contributed by atoms with Gasteiger partial charge >= 0.3 is 6.09 Å². The summed E-state index contributed by atoms with van der Waals surface area (Å²) in [5, 5.41) is 15.9. The maximum absolute atomic E-state index is 11.8. The van der Waals surface area contributed by atoms with Crippen molar-refractivity contribution >= 4 is 6.09 Å². The molecule has 5 heteroatoms. The highest BCUT2D eigenvalue weighted by atomic mass is 16.6. The largest absolute Gasteiger partial charge is 0.508 e. The number of nitrogens with one attached hydrogen (secondary N) is 2. The monoisotopic (exact) mass is 320 g/mol. The number of carbonyl (C=O) groups excluding carboxylic acids is 1. The van der Waals surface area contributed by atoms with E-state index < -0.39 is 5.60 Å². The summed E-state index contributed by atoms with van der Waals surface area (Å²) in [6.45, 7) is 6.94. The summed E-state index contributed by atoms with van der Waals surface area (Å²) in [5.41, 5.74) is 0.600. The molecule has 1 aromatic rings. The summed E-state index contributed by atoms with van der Waals surface area (Å²) >= 11 is 0. The number of phenols is 1. The zero-order valence-corrected chi connectivity index (χ0v) is 14.3. The number of benzene rings is 1. The van der Waals surface area contributed by atoms with E-state index in [4.69, 9.17) is 4.74 Å².